The summed E-state index contributed by atoms with van der Waals surface area (Å²) in [6, 6.07) is 5.56. The third-order valence-electron chi connectivity index (χ3n) is 2.68. The largest absolute Gasteiger partial charge is 0.389 e. The first-order valence-electron chi connectivity index (χ1n) is 5.91. The average molecular weight is 254 g/mol. The first kappa shape index (κ1) is 14.6. The van der Waals surface area contributed by atoms with E-state index >= 15 is 0 Å². The SMILES string of the molecule is CCC(C)(O)CNCC(=O)Nc1ccc(F)cc1. The van der Waals surface area contributed by atoms with Gasteiger partial charge in [-0.05, 0) is 37.6 Å². The molecule has 1 rings (SSSR count). The van der Waals surface area contributed by atoms with Crippen molar-refractivity contribution in [1.29, 1.82) is 0 Å². The van der Waals surface area contributed by atoms with Crippen LogP contribution in [0.4, 0.5) is 10.1 Å². The molecule has 100 valence electrons. The zero-order valence-corrected chi connectivity index (χ0v) is 10.7. The summed E-state index contributed by atoms with van der Waals surface area (Å²) < 4.78 is 12.6. The van der Waals surface area contributed by atoms with Crippen molar-refractivity contribution < 1.29 is 14.3 Å². The van der Waals surface area contributed by atoms with Crippen molar-refractivity contribution in [2.24, 2.45) is 0 Å². The number of nitrogens with one attached hydrogen (secondary N) is 2. The van der Waals surface area contributed by atoms with E-state index in [1.54, 1.807) is 6.92 Å². The van der Waals surface area contributed by atoms with E-state index < -0.39 is 5.60 Å². The van der Waals surface area contributed by atoms with Gasteiger partial charge in [0.05, 0.1) is 12.1 Å². The molecule has 0 aromatic heterocycles. The number of aliphatic hydroxyl groups is 1. The molecule has 0 fully saturated rings. The Labute approximate surface area is 106 Å². The second-order valence-corrected chi connectivity index (χ2v) is 4.51. The number of halogens is 1. The topological polar surface area (TPSA) is 61.4 Å². The first-order valence-corrected chi connectivity index (χ1v) is 5.91. The number of benzene rings is 1. The molecule has 1 aromatic carbocycles. The summed E-state index contributed by atoms with van der Waals surface area (Å²) in [5.41, 5.74) is -0.263. The van der Waals surface area contributed by atoms with Gasteiger partial charge < -0.3 is 15.7 Å². The minimum atomic E-state index is -0.809. The Morgan fingerprint density at radius 3 is 2.56 bits per heavy atom. The number of anilines is 1. The monoisotopic (exact) mass is 254 g/mol. The van der Waals surface area contributed by atoms with E-state index in [1.165, 1.54) is 24.3 Å². The van der Waals surface area contributed by atoms with Gasteiger partial charge in [0.25, 0.3) is 0 Å². The summed E-state index contributed by atoms with van der Waals surface area (Å²) in [5, 5.41) is 15.2. The molecule has 3 N–H and O–H groups in total. The van der Waals surface area contributed by atoms with Gasteiger partial charge in [0.2, 0.25) is 5.91 Å². The molecule has 0 heterocycles. The van der Waals surface area contributed by atoms with Crippen LogP contribution in [0.3, 0.4) is 0 Å². The summed E-state index contributed by atoms with van der Waals surface area (Å²) in [5.74, 6) is -0.571. The predicted molar refractivity (Wildman–Crippen MR) is 68.8 cm³/mol. The molecule has 5 heteroatoms. The Morgan fingerprint density at radius 1 is 1.39 bits per heavy atom. The van der Waals surface area contributed by atoms with Gasteiger partial charge in [0.15, 0.2) is 0 Å². The predicted octanol–water partition coefficient (Wildman–Crippen LogP) is 1.51. The maximum atomic E-state index is 12.6. The van der Waals surface area contributed by atoms with Crippen molar-refractivity contribution in [2.75, 3.05) is 18.4 Å². The molecule has 1 unspecified atom stereocenters. The molecule has 18 heavy (non-hydrogen) atoms. The van der Waals surface area contributed by atoms with Gasteiger partial charge in [-0.3, -0.25) is 4.79 Å². The van der Waals surface area contributed by atoms with Crippen molar-refractivity contribution in [2.45, 2.75) is 25.9 Å². The van der Waals surface area contributed by atoms with Gasteiger partial charge in [-0.1, -0.05) is 6.92 Å². The molecule has 1 atom stereocenters. The summed E-state index contributed by atoms with van der Waals surface area (Å²) in [4.78, 5) is 11.5. The third-order valence-corrected chi connectivity index (χ3v) is 2.68. The molecule has 0 saturated carbocycles. The van der Waals surface area contributed by atoms with Crippen LogP contribution in [0.15, 0.2) is 24.3 Å². The molecule has 0 aliphatic carbocycles. The van der Waals surface area contributed by atoms with Gasteiger partial charge in [0, 0.05) is 12.2 Å². The highest BCUT2D eigenvalue weighted by molar-refractivity contribution is 5.92. The lowest BCUT2D eigenvalue weighted by Crippen LogP contribution is -2.40. The fraction of sp³-hybridized carbons (Fsp3) is 0.462. The lowest BCUT2D eigenvalue weighted by molar-refractivity contribution is -0.115. The van der Waals surface area contributed by atoms with Crippen LogP contribution in [-0.2, 0) is 4.79 Å². The molecule has 1 aromatic rings. The second kappa shape index (κ2) is 6.47. The van der Waals surface area contributed by atoms with Crippen molar-refractivity contribution in [3.63, 3.8) is 0 Å². The van der Waals surface area contributed by atoms with Crippen LogP contribution in [0, 0.1) is 5.82 Å². The number of hydrogen-bond acceptors (Lipinski definition) is 3. The van der Waals surface area contributed by atoms with Crippen LogP contribution in [0.5, 0.6) is 0 Å². The summed E-state index contributed by atoms with van der Waals surface area (Å²) in [7, 11) is 0. The van der Waals surface area contributed by atoms with Crippen LogP contribution in [-0.4, -0.2) is 29.7 Å². The summed E-state index contributed by atoms with van der Waals surface area (Å²) in [6.07, 6.45) is 0.611. The van der Waals surface area contributed by atoms with E-state index in [4.69, 9.17) is 0 Å². The first-order chi connectivity index (χ1) is 8.43. The number of carbonyl (C=O) groups excluding carboxylic acids is 1. The van der Waals surface area contributed by atoms with E-state index in [-0.39, 0.29) is 18.3 Å². The Morgan fingerprint density at radius 2 is 2.00 bits per heavy atom. The van der Waals surface area contributed by atoms with Crippen molar-refractivity contribution in [3.8, 4) is 0 Å². The number of rotatable bonds is 6. The average Bonchev–Trinajstić information content (AvgIpc) is 2.32. The molecule has 1 amide bonds. The van der Waals surface area contributed by atoms with Gasteiger partial charge in [-0.25, -0.2) is 4.39 Å². The Hall–Kier alpha value is -1.46. The Bertz CT molecular complexity index is 390. The zero-order valence-electron chi connectivity index (χ0n) is 10.7. The highest BCUT2D eigenvalue weighted by Crippen LogP contribution is 2.08. The third kappa shape index (κ3) is 5.25. The normalized spacial score (nSPS) is 14.0. The smallest absolute Gasteiger partial charge is 0.238 e. The Balaban J connectivity index is 2.32. The van der Waals surface area contributed by atoms with E-state index in [0.29, 0.717) is 18.7 Å². The molecule has 0 bridgehead atoms. The zero-order chi connectivity index (χ0) is 13.6. The van der Waals surface area contributed by atoms with Crippen LogP contribution in [0.2, 0.25) is 0 Å². The van der Waals surface area contributed by atoms with E-state index in [0.717, 1.165) is 0 Å². The lowest BCUT2D eigenvalue weighted by Gasteiger charge is -2.21. The van der Waals surface area contributed by atoms with Crippen molar-refractivity contribution >= 4 is 11.6 Å². The van der Waals surface area contributed by atoms with Gasteiger partial charge >= 0.3 is 0 Å². The minimum absolute atomic E-state index is 0.105. The van der Waals surface area contributed by atoms with E-state index in [2.05, 4.69) is 10.6 Å². The van der Waals surface area contributed by atoms with Gasteiger partial charge in [-0.2, -0.15) is 0 Å². The maximum absolute atomic E-state index is 12.6. The fourth-order valence-electron chi connectivity index (χ4n) is 1.31. The minimum Gasteiger partial charge on any atom is -0.389 e. The van der Waals surface area contributed by atoms with Crippen LogP contribution < -0.4 is 10.6 Å². The summed E-state index contributed by atoms with van der Waals surface area (Å²) >= 11 is 0. The summed E-state index contributed by atoms with van der Waals surface area (Å²) in [6.45, 7) is 4.03. The van der Waals surface area contributed by atoms with Crippen molar-refractivity contribution in [3.05, 3.63) is 30.1 Å². The Kier molecular flexibility index (Phi) is 5.25. The maximum Gasteiger partial charge on any atom is 0.238 e. The van der Waals surface area contributed by atoms with E-state index in [1.807, 2.05) is 6.92 Å². The molecular formula is C13H19FN2O2. The van der Waals surface area contributed by atoms with E-state index in [9.17, 15) is 14.3 Å². The molecule has 0 radical (unpaired) electrons. The second-order valence-electron chi connectivity index (χ2n) is 4.51. The van der Waals surface area contributed by atoms with Crippen molar-refractivity contribution in [1.82, 2.24) is 5.32 Å². The highest BCUT2D eigenvalue weighted by atomic mass is 19.1. The molecule has 4 nitrogen and oxygen atoms in total. The quantitative estimate of drug-likeness (QED) is 0.721. The molecule has 0 aliphatic rings. The van der Waals surface area contributed by atoms with Crippen LogP contribution in [0.25, 0.3) is 0 Å². The molecule has 0 saturated heterocycles. The van der Waals surface area contributed by atoms with Gasteiger partial charge in [-0.15, -0.1) is 0 Å². The number of hydrogen-bond donors (Lipinski definition) is 3. The highest BCUT2D eigenvalue weighted by Gasteiger charge is 2.16. The molecule has 0 aliphatic heterocycles. The number of carbonyl (C=O) groups is 1. The molecular weight excluding hydrogens is 235 g/mol. The number of amides is 1. The fourth-order valence-corrected chi connectivity index (χ4v) is 1.31. The van der Waals surface area contributed by atoms with Gasteiger partial charge in [0.1, 0.15) is 5.82 Å². The lowest BCUT2D eigenvalue weighted by atomic mass is 10.0. The standard InChI is InChI=1S/C13H19FN2O2/c1-3-13(2,18)9-15-8-12(17)16-11-6-4-10(14)5-7-11/h4-7,15,18H,3,8-9H2,1-2H3,(H,16,17). The molecule has 0 spiro atoms. The van der Waals surface area contributed by atoms with Crippen LogP contribution in [0.1, 0.15) is 20.3 Å². The van der Waals surface area contributed by atoms with Crippen LogP contribution >= 0.6 is 0 Å².